The third kappa shape index (κ3) is 4.13. The lowest BCUT2D eigenvalue weighted by molar-refractivity contribution is -0.143. The van der Waals surface area contributed by atoms with E-state index in [1.165, 1.54) is 0 Å². The number of carbonyl (C=O) groups is 2. The van der Waals surface area contributed by atoms with Crippen molar-refractivity contribution in [1.29, 1.82) is 0 Å². The number of nitrogens with zero attached hydrogens (tertiary/aromatic N) is 4. The largest absolute Gasteiger partial charge is 0.480 e. The molecule has 0 saturated carbocycles. The number of rotatable bonds is 4. The molecule has 1 amide bonds. The molecule has 1 N–H and O–H groups in total. The van der Waals surface area contributed by atoms with Crippen molar-refractivity contribution in [3.05, 3.63) is 23.1 Å². The van der Waals surface area contributed by atoms with E-state index in [0.717, 1.165) is 4.90 Å². The van der Waals surface area contributed by atoms with Gasteiger partial charge in [-0.25, -0.2) is 9.59 Å². The first-order valence-electron chi connectivity index (χ1n) is 6.58. The lowest BCUT2D eigenvalue weighted by Gasteiger charge is -2.28. The molecule has 0 aromatic heterocycles. The second-order valence-electron chi connectivity index (χ2n) is 5.88. The SMILES string of the molecule is C=CCC1C(N=[N+]=[N-])CN(C(=O)OC(C)(C)C)C1C(=O)O. The molecule has 1 fully saturated rings. The number of aliphatic carboxylic acids is 1. The maximum absolute atomic E-state index is 12.2. The van der Waals surface area contributed by atoms with Gasteiger partial charge in [0.1, 0.15) is 11.6 Å². The zero-order valence-corrected chi connectivity index (χ0v) is 12.4. The van der Waals surface area contributed by atoms with E-state index in [0.29, 0.717) is 6.42 Å². The predicted molar refractivity (Wildman–Crippen MR) is 75.6 cm³/mol. The number of allylic oxidation sites excluding steroid dienone is 1. The molecule has 8 heteroatoms. The van der Waals surface area contributed by atoms with Crippen LogP contribution in [0.1, 0.15) is 27.2 Å². The Morgan fingerprint density at radius 2 is 2.19 bits per heavy atom. The van der Waals surface area contributed by atoms with Gasteiger partial charge >= 0.3 is 12.1 Å². The Morgan fingerprint density at radius 1 is 1.57 bits per heavy atom. The van der Waals surface area contributed by atoms with Crippen LogP contribution in [0, 0.1) is 5.92 Å². The smallest absolute Gasteiger partial charge is 0.411 e. The lowest BCUT2D eigenvalue weighted by atomic mass is 9.93. The standard InChI is InChI=1S/C13H20N4O4/c1-5-6-8-9(15-16-14)7-17(10(8)11(18)19)12(20)21-13(2,3)4/h5,8-10H,1,6-7H2,2-4H3,(H,18,19). The van der Waals surface area contributed by atoms with Gasteiger partial charge in [-0.05, 0) is 32.7 Å². The Balaban J connectivity index is 3.07. The number of hydrogen-bond acceptors (Lipinski definition) is 4. The summed E-state index contributed by atoms with van der Waals surface area (Å²) < 4.78 is 5.22. The van der Waals surface area contributed by atoms with Crippen molar-refractivity contribution in [2.24, 2.45) is 11.0 Å². The number of carboxylic acids is 1. The summed E-state index contributed by atoms with van der Waals surface area (Å²) in [5.74, 6) is -1.66. The molecule has 1 saturated heterocycles. The number of carboxylic acid groups (broad SMARTS) is 1. The van der Waals surface area contributed by atoms with Crippen LogP contribution in [0.4, 0.5) is 4.79 Å². The van der Waals surface area contributed by atoms with Gasteiger partial charge in [0.15, 0.2) is 0 Å². The van der Waals surface area contributed by atoms with Crippen LogP contribution in [0.3, 0.4) is 0 Å². The van der Waals surface area contributed by atoms with Crippen molar-refractivity contribution >= 4 is 12.1 Å². The second kappa shape index (κ2) is 6.49. The molecular formula is C13H20N4O4. The van der Waals surface area contributed by atoms with E-state index in [2.05, 4.69) is 16.6 Å². The van der Waals surface area contributed by atoms with Gasteiger partial charge in [-0.2, -0.15) is 0 Å². The molecule has 3 unspecified atom stereocenters. The van der Waals surface area contributed by atoms with E-state index >= 15 is 0 Å². The minimum absolute atomic E-state index is 0.0223. The van der Waals surface area contributed by atoms with Crippen LogP contribution in [0.25, 0.3) is 10.4 Å². The summed E-state index contributed by atoms with van der Waals surface area (Å²) in [4.78, 5) is 27.5. The Labute approximate surface area is 123 Å². The predicted octanol–water partition coefficient (Wildman–Crippen LogP) is 2.56. The Kier molecular flexibility index (Phi) is 5.21. The molecule has 1 aliphatic heterocycles. The molecule has 21 heavy (non-hydrogen) atoms. The average molecular weight is 296 g/mol. The quantitative estimate of drug-likeness (QED) is 0.371. The third-order valence-corrected chi connectivity index (χ3v) is 3.14. The highest BCUT2D eigenvalue weighted by Gasteiger charge is 2.48. The maximum atomic E-state index is 12.2. The summed E-state index contributed by atoms with van der Waals surface area (Å²) in [5, 5.41) is 13.0. The zero-order valence-electron chi connectivity index (χ0n) is 12.4. The molecule has 0 radical (unpaired) electrons. The molecule has 116 valence electrons. The van der Waals surface area contributed by atoms with Gasteiger partial charge in [0, 0.05) is 17.4 Å². The fourth-order valence-electron chi connectivity index (χ4n) is 2.38. The van der Waals surface area contributed by atoms with Crippen LogP contribution >= 0.6 is 0 Å². The van der Waals surface area contributed by atoms with Gasteiger partial charge in [-0.3, -0.25) is 4.90 Å². The maximum Gasteiger partial charge on any atom is 0.411 e. The number of carbonyl (C=O) groups excluding carboxylic acids is 1. The number of azide groups is 1. The van der Waals surface area contributed by atoms with Crippen molar-refractivity contribution in [3.63, 3.8) is 0 Å². The third-order valence-electron chi connectivity index (χ3n) is 3.14. The Hall–Kier alpha value is -2.21. The summed E-state index contributed by atoms with van der Waals surface area (Å²) in [6.07, 6.45) is 1.17. The first kappa shape index (κ1) is 16.8. The lowest BCUT2D eigenvalue weighted by Crippen LogP contribution is -2.45. The summed E-state index contributed by atoms with van der Waals surface area (Å²) >= 11 is 0. The topological polar surface area (TPSA) is 116 Å². The van der Waals surface area contributed by atoms with Gasteiger partial charge in [-0.1, -0.05) is 11.2 Å². The normalized spacial score (nSPS) is 25.1. The molecule has 8 nitrogen and oxygen atoms in total. The fraction of sp³-hybridized carbons (Fsp3) is 0.692. The first-order chi connectivity index (χ1) is 9.71. The molecule has 1 rings (SSSR count). The van der Waals surface area contributed by atoms with Crippen molar-refractivity contribution < 1.29 is 19.4 Å². The molecule has 1 aliphatic rings. The van der Waals surface area contributed by atoms with Crippen LogP contribution in [0.2, 0.25) is 0 Å². The van der Waals surface area contributed by atoms with Crippen molar-refractivity contribution in [1.82, 2.24) is 4.90 Å². The van der Waals surface area contributed by atoms with Gasteiger partial charge in [-0.15, -0.1) is 6.58 Å². The van der Waals surface area contributed by atoms with E-state index in [4.69, 9.17) is 10.3 Å². The number of amides is 1. The van der Waals surface area contributed by atoms with Crippen LogP contribution in [-0.2, 0) is 9.53 Å². The van der Waals surface area contributed by atoms with Crippen molar-refractivity contribution in [2.45, 2.75) is 44.9 Å². The minimum atomic E-state index is -1.15. The number of likely N-dealkylation sites (tertiary alicyclic amines) is 1. The highest BCUT2D eigenvalue weighted by atomic mass is 16.6. The second-order valence-corrected chi connectivity index (χ2v) is 5.88. The fourth-order valence-corrected chi connectivity index (χ4v) is 2.38. The van der Waals surface area contributed by atoms with Gasteiger partial charge in [0.05, 0.1) is 6.04 Å². The van der Waals surface area contributed by atoms with E-state index < -0.39 is 35.7 Å². The van der Waals surface area contributed by atoms with Gasteiger partial charge in [0.2, 0.25) is 0 Å². The summed E-state index contributed by atoms with van der Waals surface area (Å²) in [6, 6.07) is -1.70. The van der Waals surface area contributed by atoms with Crippen LogP contribution in [-0.4, -0.2) is 46.3 Å². The average Bonchev–Trinajstić information content (AvgIpc) is 2.67. The van der Waals surface area contributed by atoms with Gasteiger partial charge in [0.25, 0.3) is 0 Å². The van der Waals surface area contributed by atoms with Crippen LogP contribution in [0.5, 0.6) is 0 Å². The highest BCUT2D eigenvalue weighted by molar-refractivity contribution is 5.81. The molecule has 3 atom stereocenters. The zero-order chi connectivity index (χ0) is 16.2. The molecule has 0 aromatic rings. The molecule has 0 aliphatic carbocycles. The monoisotopic (exact) mass is 296 g/mol. The molecule has 1 heterocycles. The minimum Gasteiger partial charge on any atom is -0.480 e. The van der Waals surface area contributed by atoms with E-state index in [9.17, 15) is 14.7 Å². The van der Waals surface area contributed by atoms with Crippen molar-refractivity contribution in [2.75, 3.05) is 6.54 Å². The van der Waals surface area contributed by atoms with E-state index in [1.807, 2.05) is 0 Å². The highest BCUT2D eigenvalue weighted by Crippen LogP contribution is 2.32. The number of ether oxygens (including phenoxy) is 1. The van der Waals surface area contributed by atoms with E-state index in [-0.39, 0.29) is 6.54 Å². The van der Waals surface area contributed by atoms with Gasteiger partial charge < -0.3 is 9.84 Å². The van der Waals surface area contributed by atoms with Crippen LogP contribution < -0.4 is 0 Å². The van der Waals surface area contributed by atoms with E-state index in [1.54, 1.807) is 26.8 Å². The first-order valence-corrected chi connectivity index (χ1v) is 6.58. The Morgan fingerprint density at radius 3 is 2.62 bits per heavy atom. The van der Waals surface area contributed by atoms with Crippen molar-refractivity contribution in [3.8, 4) is 0 Å². The van der Waals surface area contributed by atoms with Crippen LogP contribution in [0.15, 0.2) is 17.8 Å². The summed E-state index contributed by atoms with van der Waals surface area (Å²) in [7, 11) is 0. The summed E-state index contributed by atoms with van der Waals surface area (Å²) in [5.41, 5.74) is 7.87. The molecule has 0 aromatic carbocycles. The Bertz CT molecular complexity index is 479. The molecule has 0 bridgehead atoms. The molecular weight excluding hydrogens is 276 g/mol. The number of hydrogen-bond donors (Lipinski definition) is 1. The molecule has 0 spiro atoms. The summed E-state index contributed by atoms with van der Waals surface area (Å²) in [6.45, 7) is 8.69.